The zero-order valence-corrected chi connectivity index (χ0v) is 18.1. The van der Waals surface area contributed by atoms with Gasteiger partial charge in [0.05, 0.1) is 23.8 Å². The maximum Gasteiger partial charge on any atom is 0.261 e. The second-order valence-corrected chi connectivity index (χ2v) is 8.19. The molecule has 0 aromatic heterocycles. The first-order valence-electron chi connectivity index (χ1n) is 11.1. The molecule has 0 spiro atoms. The number of benzene rings is 3. The summed E-state index contributed by atoms with van der Waals surface area (Å²) < 4.78 is 0. The summed E-state index contributed by atoms with van der Waals surface area (Å²) in [5.41, 5.74) is 3.32. The van der Waals surface area contributed by atoms with E-state index >= 15 is 0 Å². The molecular formula is C27H28N2O3. The Morgan fingerprint density at radius 1 is 0.719 bits per heavy atom. The highest BCUT2D eigenvalue weighted by molar-refractivity contribution is 6.21. The molecule has 3 aromatic rings. The smallest absolute Gasteiger partial charge is 0.261 e. The lowest BCUT2D eigenvalue weighted by atomic mass is 10.1. The van der Waals surface area contributed by atoms with Crippen LogP contribution in [0, 0.1) is 0 Å². The molecule has 0 saturated heterocycles. The maximum absolute atomic E-state index is 12.8. The predicted molar refractivity (Wildman–Crippen MR) is 124 cm³/mol. The van der Waals surface area contributed by atoms with E-state index in [1.807, 2.05) is 36.4 Å². The molecule has 1 aliphatic rings. The fourth-order valence-electron chi connectivity index (χ4n) is 4.29. The molecule has 32 heavy (non-hydrogen) atoms. The van der Waals surface area contributed by atoms with E-state index in [0.717, 1.165) is 26.1 Å². The Hall–Kier alpha value is -3.28. The van der Waals surface area contributed by atoms with Crippen molar-refractivity contribution in [2.75, 3.05) is 13.2 Å². The first-order chi connectivity index (χ1) is 15.7. The fraction of sp³-hybridized carbons (Fsp3) is 0.259. The number of rotatable bonds is 10. The molecule has 1 N–H and O–H groups in total. The van der Waals surface area contributed by atoms with E-state index in [2.05, 4.69) is 29.2 Å². The number of aliphatic hydroxyl groups is 1. The largest absolute Gasteiger partial charge is 0.394 e. The molecule has 3 aromatic carbocycles. The first-order valence-corrected chi connectivity index (χ1v) is 11.1. The summed E-state index contributed by atoms with van der Waals surface area (Å²) in [6.45, 7) is 2.19. The number of hydrogen-bond donors (Lipinski definition) is 1. The molecule has 0 radical (unpaired) electrons. The van der Waals surface area contributed by atoms with E-state index in [4.69, 9.17) is 0 Å². The van der Waals surface area contributed by atoms with Gasteiger partial charge < -0.3 is 5.11 Å². The van der Waals surface area contributed by atoms with Crippen LogP contribution >= 0.6 is 0 Å². The molecule has 0 fully saturated rings. The van der Waals surface area contributed by atoms with Crippen LogP contribution in [0.25, 0.3) is 0 Å². The van der Waals surface area contributed by atoms with Crippen LogP contribution in [0.3, 0.4) is 0 Å². The minimum absolute atomic E-state index is 0.233. The van der Waals surface area contributed by atoms with E-state index in [1.165, 1.54) is 16.0 Å². The van der Waals surface area contributed by atoms with Crippen molar-refractivity contribution in [1.29, 1.82) is 0 Å². The molecule has 1 atom stereocenters. The van der Waals surface area contributed by atoms with Crippen molar-refractivity contribution >= 4 is 11.8 Å². The van der Waals surface area contributed by atoms with Gasteiger partial charge in [0.2, 0.25) is 0 Å². The van der Waals surface area contributed by atoms with Gasteiger partial charge in [-0.05, 0) is 42.6 Å². The van der Waals surface area contributed by atoms with Gasteiger partial charge >= 0.3 is 0 Å². The minimum atomic E-state index is -0.516. The quantitative estimate of drug-likeness (QED) is 0.494. The molecule has 164 valence electrons. The Labute approximate surface area is 188 Å². The second-order valence-electron chi connectivity index (χ2n) is 8.19. The van der Waals surface area contributed by atoms with Gasteiger partial charge in [-0.25, -0.2) is 0 Å². The van der Waals surface area contributed by atoms with Crippen molar-refractivity contribution in [3.8, 4) is 0 Å². The Kier molecular flexibility index (Phi) is 7.10. The van der Waals surface area contributed by atoms with E-state index in [0.29, 0.717) is 17.5 Å². The second kappa shape index (κ2) is 10.4. The van der Waals surface area contributed by atoms with Gasteiger partial charge in [0.1, 0.15) is 0 Å². The SMILES string of the molecule is O=C1c2ccccc2C(=O)N1[C@@H](CO)CCCN(Cc1ccccc1)Cc1ccccc1. The molecule has 1 heterocycles. The van der Waals surface area contributed by atoms with Gasteiger partial charge in [-0.1, -0.05) is 72.8 Å². The van der Waals surface area contributed by atoms with Crippen molar-refractivity contribution in [1.82, 2.24) is 9.80 Å². The Morgan fingerprint density at radius 3 is 1.66 bits per heavy atom. The molecule has 5 nitrogen and oxygen atoms in total. The van der Waals surface area contributed by atoms with Gasteiger partial charge in [0, 0.05) is 13.1 Å². The molecule has 5 heteroatoms. The molecular weight excluding hydrogens is 400 g/mol. The predicted octanol–water partition coefficient (Wildman–Crippen LogP) is 4.13. The summed E-state index contributed by atoms with van der Waals surface area (Å²) in [5.74, 6) is -0.620. The average Bonchev–Trinajstić information content (AvgIpc) is 3.08. The molecule has 2 amide bonds. The Bertz CT molecular complexity index is 976. The lowest BCUT2D eigenvalue weighted by Gasteiger charge is -2.27. The Balaban J connectivity index is 1.41. The van der Waals surface area contributed by atoms with Crippen LogP contribution in [0.5, 0.6) is 0 Å². The zero-order chi connectivity index (χ0) is 22.3. The fourth-order valence-corrected chi connectivity index (χ4v) is 4.29. The first kappa shape index (κ1) is 21.9. The number of hydrogen-bond acceptors (Lipinski definition) is 4. The van der Waals surface area contributed by atoms with Gasteiger partial charge in [0.15, 0.2) is 0 Å². The number of carbonyl (C=O) groups is 2. The van der Waals surface area contributed by atoms with E-state index < -0.39 is 6.04 Å². The molecule has 1 aliphatic heterocycles. The Morgan fingerprint density at radius 2 is 1.19 bits per heavy atom. The minimum Gasteiger partial charge on any atom is -0.394 e. The third kappa shape index (κ3) is 4.96. The van der Waals surface area contributed by atoms with E-state index in [-0.39, 0.29) is 18.4 Å². The summed E-state index contributed by atoms with van der Waals surface area (Å²) in [5, 5.41) is 9.98. The van der Waals surface area contributed by atoms with Crippen LogP contribution < -0.4 is 0 Å². The van der Waals surface area contributed by atoms with Gasteiger partial charge in [-0.15, -0.1) is 0 Å². The topological polar surface area (TPSA) is 60.9 Å². The van der Waals surface area contributed by atoms with Crippen molar-refractivity contribution in [3.63, 3.8) is 0 Å². The van der Waals surface area contributed by atoms with Gasteiger partial charge in [-0.2, -0.15) is 0 Å². The highest BCUT2D eigenvalue weighted by Crippen LogP contribution is 2.26. The van der Waals surface area contributed by atoms with E-state index in [1.54, 1.807) is 24.3 Å². The summed E-state index contributed by atoms with van der Waals surface area (Å²) in [6, 6.07) is 27.0. The monoisotopic (exact) mass is 428 g/mol. The van der Waals surface area contributed by atoms with E-state index in [9.17, 15) is 14.7 Å². The van der Waals surface area contributed by atoms with Crippen LogP contribution in [0.4, 0.5) is 0 Å². The van der Waals surface area contributed by atoms with Crippen LogP contribution in [0.15, 0.2) is 84.9 Å². The molecule has 0 saturated carbocycles. The number of imide groups is 1. The molecule has 0 bridgehead atoms. The highest BCUT2D eigenvalue weighted by Gasteiger charge is 2.39. The third-order valence-corrected chi connectivity index (χ3v) is 5.91. The van der Waals surface area contributed by atoms with Crippen molar-refractivity contribution in [2.45, 2.75) is 32.0 Å². The summed E-state index contributed by atoms with van der Waals surface area (Å²) in [6.07, 6.45) is 1.32. The summed E-state index contributed by atoms with van der Waals surface area (Å²) >= 11 is 0. The zero-order valence-electron chi connectivity index (χ0n) is 18.1. The van der Waals surface area contributed by atoms with Crippen molar-refractivity contribution < 1.29 is 14.7 Å². The van der Waals surface area contributed by atoms with Gasteiger partial charge in [0.25, 0.3) is 11.8 Å². The van der Waals surface area contributed by atoms with Crippen LogP contribution in [0.1, 0.15) is 44.7 Å². The number of fused-ring (bicyclic) bond motifs is 1. The molecule has 4 rings (SSSR count). The average molecular weight is 429 g/mol. The van der Waals surface area contributed by atoms with Crippen molar-refractivity contribution in [3.05, 3.63) is 107 Å². The van der Waals surface area contributed by atoms with Crippen LogP contribution in [0.2, 0.25) is 0 Å². The van der Waals surface area contributed by atoms with Crippen LogP contribution in [-0.2, 0) is 13.1 Å². The van der Waals surface area contributed by atoms with Crippen molar-refractivity contribution in [2.24, 2.45) is 0 Å². The molecule has 0 unspecified atom stereocenters. The maximum atomic E-state index is 12.8. The summed E-state index contributed by atoms with van der Waals surface area (Å²) in [7, 11) is 0. The van der Waals surface area contributed by atoms with Crippen LogP contribution in [-0.4, -0.2) is 45.9 Å². The number of carbonyl (C=O) groups excluding carboxylic acids is 2. The highest BCUT2D eigenvalue weighted by atomic mass is 16.3. The third-order valence-electron chi connectivity index (χ3n) is 5.91. The number of amides is 2. The summed E-state index contributed by atoms with van der Waals surface area (Å²) in [4.78, 5) is 29.1. The lowest BCUT2D eigenvalue weighted by Crippen LogP contribution is -2.42. The van der Waals surface area contributed by atoms with Gasteiger partial charge in [-0.3, -0.25) is 19.4 Å². The standard InChI is InChI=1S/C27H28N2O3/c30-20-23(29-26(31)24-15-7-8-16-25(24)27(29)32)14-9-17-28(18-21-10-3-1-4-11-21)19-22-12-5-2-6-13-22/h1-8,10-13,15-16,23,30H,9,14,17-20H2/t23-/m1/s1. The number of nitrogens with zero attached hydrogens (tertiary/aromatic N) is 2. The normalized spacial score (nSPS) is 14.1. The lowest BCUT2D eigenvalue weighted by molar-refractivity contribution is 0.0498. The number of aliphatic hydroxyl groups excluding tert-OH is 1. The molecule has 0 aliphatic carbocycles.